The second-order valence-corrected chi connectivity index (χ2v) is 5.96. The van der Waals surface area contributed by atoms with Crippen LogP contribution in [-0.2, 0) is 0 Å². The van der Waals surface area contributed by atoms with Crippen LogP contribution in [0.1, 0.15) is 41.4 Å². The Hall–Kier alpha value is -4.66. The van der Waals surface area contributed by atoms with E-state index in [2.05, 4.69) is 0 Å². The lowest BCUT2D eigenvalue weighted by Gasteiger charge is -2.04. The summed E-state index contributed by atoms with van der Waals surface area (Å²) in [6, 6.07) is 16.4. The Bertz CT molecular complexity index is 1090. The van der Waals surface area contributed by atoms with Crippen LogP contribution >= 0.6 is 0 Å². The molecule has 4 N–H and O–H groups in total. The first kappa shape index (κ1) is 22.6. The molecule has 0 atom stereocenters. The number of carboxylic acid groups (broad SMARTS) is 3. The largest absolute Gasteiger partial charge is 0.508 e. The third-order valence-corrected chi connectivity index (χ3v) is 3.75. The van der Waals surface area contributed by atoms with Crippen molar-refractivity contribution in [3.63, 3.8) is 0 Å². The Morgan fingerprint density at radius 3 is 1.55 bits per heavy atom. The number of hydrogen-bond donors (Lipinski definition) is 4. The molecule has 0 fully saturated rings. The minimum Gasteiger partial charge on any atom is -0.508 e. The van der Waals surface area contributed by atoms with E-state index in [0.717, 1.165) is 6.07 Å². The average molecular weight is 424 g/mol. The second kappa shape index (κ2) is 10.2. The predicted molar refractivity (Wildman–Crippen MR) is 107 cm³/mol. The van der Waals surface area contributed by atoms with Crippen LogP contribution in [0.3, 0.4) is 0 Å². The molecular weight excluding hydrogens is 408 g/mol. The average Bonchev–Trinajstić information content (AvgIpc) is 2.74. The Morgan fingerprint density at radius 2 is 1.06 bits per heavy atom. The van der Waals surface area contributed by atoms with Gasteiger partial charge in [-0.05, 0) is 54.6 Å². The van der Waals surface area contributed by atoms with Crippen molar-refractivity contribution < 1.29 is 44.3 Å². The summed E-state index contributed by atoms with van der Waals surface area (Å²) in [6.45, 7) is 0. The minimum atomic E-state index is -1.13. The lowest BCUT2D eigenvalue weighted by atomic mass is 10.1. The molecule has 3 aromatic rings. The first-order valence-electron chi connectivity index (χ1n) is 8.58. The van der Waals surface area contributed by atoms with Crippen molar-refractivity contribution in [2.75, 3.05) is 0 Å². The first-order valence-corrected chi connectivity index (χ1v) is 8.58. The highest BCUT2D eigenvalue weighted by Gasteiger charge is 2.10. The van der Waals surface area contributed by atoms with Crippen LogP contribution in [0, 0.1) is 0 Å². The number of carbonyl (C=O) groups is 4. The molecule has 0 bridgehead atoms. The van der Waals surface area contributed by atoms with Gasteiger partial charge in [-0.15, -0.1) is 0 Å². The van der Waals surface area contributed by atoms with Crippen LogP contribution in [0.2, 0.25) is 0 Å². The molecule has 0 unspecified atom stereocenters. The van der Waals surface area contributed by atoms with Gasteiger partial charge in [0.05, 0.1) is 22.3 Å². The molecule has 0 saturated heterocycles. The Morgan fingerprint density at radius 1 is 0.581 bits per heavy atom. The lowest BCUT2D eigenvalue weighted by molar-refractivity contribution is 0.0682. The van der Waals surface area contributed by atoms with E-state index in [1.807, 2.05) is 0 Å². The van der Waals surface area contributed by atoms with Gasteiger partial charge in [0.15, 0.2) is 0 Å². The summed E-state index contributed by atoms with van der Waals surface area (Å²) in [5, 5.41) is 35.0. The van der Waals surface area contributed by atoms with Gasteiger partial charge >= 0.3 is 23.9 Å². The highest BCUT2D eigenvalue weighted by molar-refractivity contribution is 5.94. The number of esters is 1. The molecule has 0 heterocycles. The van der Waals surface area contributed by atoms with Gasteiger partial charge in [-0.3, -0.25) is 0 Å². The molecule has 0 spiro atoms. The highest BCUT2D eigenvalue weighted by Crippen LogP contribution is 2.19. The van der Waals surface area contributed by atoms with Crippen LogP contribution < -0.4 is 4.74 Å². The van der Waals surface area contributed by atoms with Gasteiger partial charge in [0.25, 0.3) is 0 Å². The van der Waals surface area contributed by atoms with E-state index in [-0.39, 0.29) is 33.8 Å². The van der Waals surface area contributed by atoms with Crippen LogP contribution in [0.25, 0.3) is 0 Å². The van der Waals surface area contributed by atoms with Crippen LogP contribution in [0.5, 0.6) is 11.5 Å². The van der Waals surface area contributed by atoms with Crippen molar-refractivity contribution in [2.45, 2.75) is 0 Å². The number of carboxylic acids is 3. The number of rotatable bonds is 5. The molecule has 0 aliphatic carbocycles. The maximum absolute atomic E-state index is 11.8. The molecule has 3 aromatic carbocycles. The Labute approximate surface area is 175 Å². The molecule has 0 aromatic heterocycles. The van der Waals surface area contributed by atoms with Gasteiger partial charge < -0.3 is 25.2 Å². The number of aromatic carboxylic acids is 3. The summed E-state index contributed by atoms with van der Waals surface area (Å²) in [7, 11) is 0. The zero-order valence-corrected chi connectivity index (χ0v) is 15.8. The van der Waals surface area contributed by atoms with Crippen molar-refractivity contribution in [3.8, 4) is 11.5 Å². The van der Waals surface area contributed by atoms with Gasteiger partial charge in [-0.1, -0.05) is 12.1 Å². The summed E-state index contributed by atoms with van der Waals surface area (Å²) in [5.41, 5.74) is 0.284. The molecule has 0 radical (unpaired) electrons. The monoisotopic (exact) mass is 424 g/mol. The van der Waals surface area contributed by atoms with Crippen molar-refractivity contribution in [1.29, 1.82) is 0 Å². The Kier molecular flexibility index (Phi) is 7.45. The van der Waals surface area contributed by atoms with Gasteiger partial charge in [-0.25, -0.2) is 19.2 Å². The molecule has 3 rings (SSSR count). The second-order valence-electron chi connectivity index (χ2n) is 5.96. The first-order chi connectivity index (χ1) is 14.7. The van der Waals surface area contributed by atoms with E-state index >= 15 is 0 Å². The number of phenols is 1. The quantitative estimate of drug-likeness (QED) is 0.356. The molecule has 0 saturated carbocycles. The molecule has 31 heavy (non-hydrogen) atoms. The van der Waals surface area contributed by atoms with E-state index < -0.39 is 23.9 Å². The van der Waals surface area contributed by atoms with Gasteiger partial charge in [0.2, 0.25) is 0 Å². The topological polar surface area (TPSA) is 158 Å². The molecule has 9 heteroatoms. The SMILES string of the molecule is O=C(O)c1ccc(C(=O)Oc2cccc(O)c2)cc1.O=C(O)c1cccc(C(=O)O)c1. The van der Waals surface area contributed by atoms with Crippen LogP contribution in [0.4, 0.5) is 0 Å². The lowest BCUT2D eigenvalue weighted by Crippen LogP contribution is -2.08. The fourth-order valence-electron chi connectivity index (χ4n) is 2.25. The third kappa shape index (κ3) is 6.71. The van der Waals surface area contributed by atoms with Crippen molar-refractivity contribution in [1.82, 2.24) is 0 Å². The zero-order valence-electron chi connectivity index (χ0n) is 15.8. The third-order valence-electron chi connectivity index (χ3n) is 3.75. The smallest absolute Gasteiger partial charge is 0.343 e. The summed E-state index contributed by atoms with van der Waals surface area (Å²) < 4.78 is 5.04. The number of ether oxygens (including phenoxy) is 1. The molecular formula is C22H16O9. The molecule has 158 valence electrons. The molecule has 9 nitrogen and oxygen atoms in total. The zero-order chi connectivity index (χ0) is 23.0. The number of carbonyl (C=O) groups excluding carboxylic acids is 1. The molecule has 0 aliphatic rings. The number of benzene rings is 3. The van der Waals surface area contributed by atoms with E-state index in [1.54, 1.807) is 6.07 Å². The minimum absolute atomic E-state index is 0.00785. The van der Waals surface area contributed by atoms with Crippen molar-refractivity contribution in [3.05, 3.63) is 95.1 Å². The standard InChI is InChI=1S/C14H10O5.C8H6O4/c15-11-2-1-3-12(8-11)19-14(18)10-6-4-9(5-7-10)13(16)17;9-7(10)5-2-1-3-6(4-5)8(11)12/h1-8,15H,(H,16,17);1-4H,(H,9,10)(H,11,12). The van der Waals surface area contributed by atoms with Gasteiger partial charge in [0.1, 0.15) is 11.5 Å². The summed E-state index contributed by atoms with van der Waals surface area (Å²) in [6.07, 6.45) is 0. The van der Waals surface area contributed by atoms with E-state index in [9.17, 15) is 24.3 Å². The van der Waals surface area contributed by atoms with Crippen LogP contribution in [-0.4, -0.2) is 44.3 Å². The summed E-state index contributed by atoms with van der Waals surface area (Å²) >= 11 is 0. The number of aromatic hydroxyl groups is 1. The molecule has 0 aliphatic heterocycles. The van der Waals surface area contributed by atoms with Gasteiger partial charge in [-0.2, -0.15) is 0 Å². The van der Waals surface area contributed by atoms with Crippen LogP contribution in [0.15, 0.2) is 72.8 Å². The summed E-state index contributed by atoms with van der Waals surface area (Å²) in [4.78, 5) is 43.2. The number of phenolic OH excluding ortho intramolecular Hbond substituents is 1. The predicted octanol–water partition coefficient (Wildman–Crippen LogP) is 3.39. The highest BCUT2D eigenvalue weighted by atomic mass is 16.5. The van der Waals surface area contributed by atoms with E-state index in [1.165, 1.54) is 60.7 Å². The molecule has 0 amide bonds. The van der Waals surface area contributed by atoms with Crippen molar-refractivity contribution in [2.24, 2.45) is 0 Å². The normalized spacial score (nSPS) is 9.68. The Balaban J connectivity index is 0.000000245. The van der Waals surface area contributed by atoms with E-state index in [0.29, 0.717) is 0 Å². The fourth-order valence-corrected chi connectivity index (χ4v) is 2.25. The van der Waals surface area contributed by atoms with Crippen molar-refractivity contribution >= 4 is 23.9 Å². The van der Waals surface area contributed by atoms with E-state index in [4.69, 9.17) is 20.1 Å². The maximum Gasteiger partial charge on any atom is 0.343 e. The fraction of sp³-hybridized carbons (Fsp3) is 0. The maximum atomic E-state index is 11.8. The number of hydrogen-bond acceptors (Lipinski definition) is 6. The summed E-state index contributed by atoms with van der Waals surface area (Å²) in [5.74, 6) is -3.73. The van der Waals surface area contributed by atoms with Gasteiger partial charge in [0, 0.05) is 6.07 Å².